The summed E-state index contributed by atoms with van der Waals surface area (Å²) >= 11 is 0. The Hall–Kier alpha value is -2.04. The molecule has 0 saturated carbocycles. The molecule has 1 aliphatic heterocycles. The number of ether oxygens (including phenoxy) is 1. The van der Waals surface area contributed by atoms with Gasteiger partial charge in [-0.15, -0.1) is 0 Å². The molecular weight excluding hydrogens is 256 g/mol. The number of carbonyl (C=O) groups excluding carboxylic acids is 1. The van der Waals surface area contributed by atoms with E-state index in [9.17, 15) is 10.0 Å². The van der Waals surface area contributed by atoms with Crippen molar-refractivity contribution in [2.75, 3.05) is 19.1 Å². The molecule has 0 aliphatic carbocycles. The van der Waals surface area contributed by atoms with Crippen molar-refractivity contribution in [2.45, 2.75) is 19.9 Å². The fourth-order valence-electron chi connectivity index (χ4n) is 2.63. The summed E-state index contributed by atoms with van der Waals surface area (Å²) in [5.41, 5.74) is 0.788. The molecule has 5 nitrogen and oxygen atoms in total. The average molecular weight is 276 g/mol. The summed E-state index contributed by atoms with van der Waals surface area (Å²) in [6.45, 7) is 4.00. The number of hydroxylamine groups is 1. The molecule has 1 amide bonds. The smallest absolute Gasteiger partial charge is 0.233 e. The van der Waals surface area contributed by atoms with Gasteiger partial charge in [-0.25, -0.2) is 4.74 Å². The molecule has 0 unspecified atom stereocenters. The van der Waals surface area contributed by atoms with E-state index < -0.39 is 0 Å². The lowest BCUT2D eigenvalue weighted by molar-refractivity contribution is -0.419. The minimum atomic E-state index is -0.182. The molecule has 1 aliphatic rings. The van der Waals surface area contributed by atoms with Crippen molar-refractivity contribution in [3.05, 3.63) is 29.5 Å². The van der Waals surface area contributed by atoms with Crippen LogP contribution in [-0.2, 0) is 4.79 Å². The topological polar surface area (TPSA) is 55.6 Å². The van der Waals surface area contributed by atoms with Crippen molar-refractivity contribution in [1.82, 2.24) is 0 Å². The molecule has 2 atom stereocenters. The summed E-state index contributed by atoms with van der Waals surface area (Å²) in [6.07, 6.45) is 1.55. The maximum absolute atomic E-state index is 12.3. The molecule has 2 rings (SSSR count). The van der Waals surface area contributed by atoms with Gasteiger partial charge in [0.2, 0.25) is 5.91 Å². The minimum absolute atomic E-state index is 0.0632. The van der Waals surface area contributed by atoms with E-state index in [1.54, 1.807) is 18.2 Å². The molecular formula is C15H20N2O3. The maximum atomic E-state index is 12.3. The van der Waals surface area contributed by atoms with Crippen LogP contribution in [0.2, 0.25) is 0 Å². The molecule has 0 bridgehead atoms. The zero-order valence-corrected chi connectivity index (χ0v) is 12.2. The Labute approximate surface area is 119 Å². The number of β-lactam (4-membered cyclic amide) rings is 1. The minimum Gasteiger partial charge on any atom is -0.624 e. The third kappa shape index (κ3) is 2.48. The largest absolute Gasteiger partial charge is 0.624 e. The molecule has 20 heavy (non-hydrogen) atoms. The maximum Gasteiger partial charge on any atom is 0.233 e. The van der Waals surface area contributed by atoms with Crippen molar-refractivity contribution in [2.24, 2.45) is 11.8 Å². The van der Waals surface area contributed by atoms with Crippen LogP contribution in [0.5, 0.6) is 5.75 Å². The molecule has 5 heteroatoms. The Morgan fingerprint density at radius 2 is 1.95 bits per heavy atom. The van der Waals surface area contributed by atoms with Crippen LogP contribution in [0.25, 0.3) is 0 Å². The van der Waals surface area contributed by atoms with E-state index in [-0.39, 0.29) is 23.8 Å². The van der Waals surface area contributed by atoms with Gasteiger partial charge in [0.05, 0.1) is 13.0 Å². The fourth-order valence-corrected chi connectivity index (χ4v) is 2.63. The molecule has 0 spiro atoms. The van der Waals surface area contributed by atoms with Gasteiger partial charge in [0.15, 0.2) is 6.21 Å². The van der Waals surface area contributed by atoms with Crippen LogP contribution in [0, 0.1) is 17.0 Å². The van der Waals surface area contributed by atoms with E-state index in [2.05, 4.69) is 0 Å². The molecule has 1 heterocycles. The Bertz CT molecular complexity index is 518. The summed E-state index contributed by atoms with van der Waals surface area (Å²) in [6, 6.07) is 7.10. The second-order valence-corrected chi connectivity index (χ2v) is 5.36. The van der Waals surface area contributed by atoms with Gasteiger partial charge in [-0.2, -0.15) is 0 Å². The van der Waals surface area contributed by atoms with Gasteiger partial charge in [0.25, 0.3) is 0 Å². The summed E-state index contributed by atoms with van der Waals surface area (Å²) in [4.78, 5) is 14.0. The van der Waals surface area contributed by atoms with Crippen LogP contribution in [0.1, 0.15) is 13.8 Å². The van der Waals surface area contributed by atoms with E-state index in [1.165, 1.54) is 7.05 Å². The number of hydrogen-bond donors (Lipinski definition) is 0. The van der Waals surface area contributed by atoms with E-state index in [0.29, 0.717) is 0 Å². The Morgan fingerprint density at radius 3 is 2.40 bits per heavy atom. The summed E-state index contributed by atoms with van der Waals surface area (Å²) < 4.78 is 5.88. The van der Waals surface area contributed by atoms with Crippen LogP contribution in [0.3, 0.4) is 0 Å². The van der Waals surface area contributed by atoms with E-state index in [4.69, 9.17) is 4.74 Å². The number of benzene rings is 1. The number of methoxy groups -OCH3 is 1. The van der Waals surface area contributed by atoms with Gasteiger partial charge >= 0.3 is 0 Å². The van der Waals surface area contributed by atoms with Crippen molar-refractivity contribution >= 4 is 17.8 Å². The van der Waals surface area contributed by atoms with E-state index in [0.717, 1.165) is 16.2 Å². The SMILES string of the molecule is COc1ccc(N2C(=O)[C@H](C(C)C)[C@@H]2/C=[N+](/C)[O-])cc1. The van der Waals surface area contributed by atoms with E-state index in [1.807, 2.05) is 38.1 Å². The summed E-state index contributed by atoms with van der Waals surface area (Å²) in [5.74, 6) is 0.878. The summed E-state index contributed by atoms with van der Waals surface area (Å²) in [7, 11) is 3.04. The zero-order chi connectivity index (χ0) is 14.9. The van der Waals surface area contributed by atoms with Crippen LogP contribution < -0.4 is 9.64 Å². The lowest BCUT2D eigenvalue weighted by Gasteiger charge is -2.46. The second kappa shape index (κ2) is 5.53. The third-order valence-corrected chi connectivity index (χ3v) is 3.62. The van der Waals surface area contributed by atoms with Gasteiger partial charge in [-0.1, -0.05) is 13.8 Å². The van der Waals surface area contributed by atoms with Crippen LogP contribution >= 0.6 is 0 Å². The highest BCUT2D eigenvalue weighted by atomic mass is 16.5. The predicted molar refractivity (Wildman–Crippen MR) is 78.2 cm³/mol. The highest BCUT2D eigenvalue weighted by Crippen LogP contribution is 2.36. The quantitative estimate of drug-likeness (QED) is 0.277. The van der Waals surface area contributed by atoms with Crippen LogP contribution in [-0.4, -0.2) is 37.1 Å². The standard InChI is InChI=1S/C15H20N2O3/c1-10(2)14-13(9-16(3)19)17(15(14)18)11-5-7-12(20-4)8-6-11/h5-10,13-14H,1-4H3/b16-9-/t13-,14+/m0/s1. The summed E-state index contributed by atoms with van der Waals surface area (Å²) in [5, 5.41) is 11.3. The Morgan fingerprint density at radius 1 is 1.35 bits per heavy atom. The zero-order valence-electron chi connectivity index (χ0n) is 12.2. The first-order valence-electron chi connectivity index (χ1n) is 6.67. The Balaban J connectivity index is 2.29. The van der Waals surface area contributed by atoms with Crippen LogP contribution in [0.15, 0.2) is 24.3 Å². The first kappa shape index (κ1) is 14.4. The molecule has 108 valence electrons. The average Bonchev–Trinajstić information content (AvgIpc) is 2.38. The lowest BCUT2D eigenvalue weighted by atomic mass is 9.79. The number of rotatable bonds is 4. The molecule has 0 radical (unpaired) electrons. The number of nitrogens with zero attached hydrogens (tertiary/aromatic N) is 2. The number of amides is 1. The number of carbonyl (C=O) groups is 1. The van der Waals surface area contributed by atoms with Crippen molar-refractivity contribution in [3.63, 3.8) is 0 Å². The fraction of sp³-hybridized carbons (Fsp3) is 0.467. The monoisotopic (exact) mass is 276 g/mol. The second-order valence-electron chi connectivity index (χ2n) is 5.36. The predicted octanol–water partition coefficient (Wildman–Crippen LogP) is 1.89. The highest BCUT2D eigenvalue weighted by Gasteiger charge is 2.50. The molecule has 1 aromatic carbocycles. The van der Waals surface area contributed by atoms with Crippen LogP contribution in [0.4, 0.5) is 5.69 Å². The van der Waals surface area contributed by atoms with E-state index >= 15 is 0 Å². The van der Waals surface area contributed by atoms with Crippen molar-refractivity contribution in [1.29, 1.82) is 0 Å². The van der Waals surface area contributed by atoms with Gasteiger partial charge in [0.1, 0.15) is 18.8 Å². The number of anilines is 1. The van der Waals surface area contributed by atoms with Gasteiger partial charge in [0, 0.05) is 5.69 Å². The van der Waals surface area contributed by atoms with Gasteiger partial charge in [-0.05, 0) is 30.2 Å². The van der Waals surface area contributed by atoms with Crippen molar-refractivity contribution in [3.8, 4) is 5.75 Å². The first-order valence-corrected chi connectivity index (χ1v) is 6.67. The molecule has 1 fully saturated rings. The third-order valence-electron chi connectivity index (χ3n) is 3.62. The molecule has 1 aromatic rings. The normalized spacial score (nSPS) is 22.9. The lowest BCUT2D eigenvalue weighted by Crippen LogP contribution is -2.64. The highest BCUT2D eigenvalue weighted by molar-refractivity contribution is 6.08. The van der Waals surface area contributed by atoms with Gasteiger partial charge < -0.3 is 9.94 Å². The Kier molecular flexibility index (Phi) is 3.97. The number of hydrogen-bond acceptors (Lipinski definition) is 3. The first-order chi connectivity index (χ1) is 9.45. The van der Waals surface area contributed by atoms with Crippen molar-refractivity contribution < 1.29 is 14.3 Å². The van der Waals surface area contributed by atoms with Gasteiger partial charge in [-0.3, -0.25) is 9.69 Å². The molecule has 0 aromatic heterocycles. The molecule has 0 N–H and O–H groups in total. The molecule has 1 saturated heterocycles.